The van der Waals surface area contributed by atoms with E-state index in [2.05, 4.69) is 0 Å². The summed E-state index contributed by atoms with van der Waals surface area (Å²) in [6.07, 6.45) is 1.24. The van der Waals surface area contributed by atoms with E-state index >= 15 is 0 Å². The van der Waals surface area contributed by atoms with E-state index in [1.165, 1.54) is 18.0 Å². The highest BCUT2D eigenvalue weighted by atomic mass is 32.2. The number of hydrogen-bond donors (Lipinski definition) is 1. The first-order valence-corrected chi connectivity index (χ1v) is 7.60. The van der Waals surface area contributed by atoms with Gasteiger partial charge in [0.25, 0.3) is 0 Å². The SMILES string of the molecule is Cc1ccc(N)c(SCCS(C)(=O)=O)c1. The second kappa shape index (κ2) is 4.90. The Bertz CT molecular complexity index is 441. The minimum atomic E-state index is -2.88. The summed E-state index contributed by atoms with van der Waals surface area (Å²) in [6.45, 7) is 1.99. The number of benzene rings is 1. The van der Waals surface area contributed by atoms with Crippen LogP contribution < -0.4 is 5.73 Å². The van der Waals surface area contributed by atoms with E-state index in [-0.39, 0.29) is 5.75 Å². The standard InChI is InChI=1S/C10H15NO2S2/c1-8-3-4-9(11)10(7-8)14-5-6-15(2,12)13/h3-4,7H,5-6,11H2,1-2H3. The number of sulfone groups is 1. The lowest BCUT2D eigenvalue weighted by atomic mass is 10.2. The van der Waals surface area contributed by atoms with Gasteiger partial charge in [0.2, 0.25) is 0 Å². The maximum Gasteiger partial charge on any atom is 0.148 e. The monoisotopic (exact) mass is 245 g/mol. The van der Waals surface area contributed by atoms with Gasteiger partial charge in [0, 0.05) is 22.6 Å². The number of aryl methyl sites for hydroxylation is 1. The summed E-state index contributed by atoms with van der Waals surface area (Å²) in [7, 11) is -2.88. The van der Waals surface area contributed by atoms with Gasteiger partial charge >= 0.3 is 0 Å². The fourth-order valence-electron chi connectivity index (χ4n) is 1.07. The van der Waals surface area contributed by atoms with Crippen LogP contribution >= 0.6 is 11.8 Å². The minimum Gasteiger partial charge on any atom is -0.398 e. The Morgan fingerprint density at radius 1 is 1.40 bits per heavy atom. The molecule has 84 valence electrons. The molecule has 0 radical (unpaired) electrons. The molecule has 2 N–H and O–H groups in total. The largest absolute Gasteiger partial charge is 0.398 e. The number of thioether (sulfide) groups is 1. The molecule has 0 unspecified atom stereocenters. The van der Waals surface area contributed by atoms with E-state index in [4.69, 9.17) is 5.73 Å². The summed E-state index contributed by atoms with van der Waals surface area (Å²) in [5.74, 6) is 0.734. The van der Waals surface area contributed by atoms with Gasteiger partial charge in [-0.1, -0.05) is 6.07 Å². The predicted molar refractivity (Wildman–Crippen MR) is 66.0 cm³/mol. The predicted octanol–water partition coefficient (Wildman–Crippen LogP) is 1.71. The Kier molecular flexibility index (Phi) is 4.04. The molecule has 1 aromatic carbocycles. The van der Waals surface area contributed by atoms with Crippen molar-refractivity contribution in [3.63, 3.8) is 0 Å². The molecule has 0 fully saturated rings. The molecule has 0 aliphatic heterocycles. The van der Waals surface area contributed by atoms with Crippen LogP contribution in [0.4, 0.5) is 5.69 Å². The first kappa shape index (κ1) is 12.4. The molecule has 0 aliphatic rings. The van der Waals surface area contributed by atoms with Crippen LogP contribution in [0.25, 0.3) is 0 Å². The Hall–Kier alpha value is -0.680. The van der Waals surface area contributed by atoms with Gasteiger partial charge in [0.05, 0.1) is 5.75 Å². The summed E-state index contributed by atoms with van der Waals surface area (Å²) >= 11 is 1.48. The number of rotatable bonds is 4. The van der Waals surface area contributed by atoms with Crippen LogP contribution in [0.15, 0.2) is 23.1 Å². The third-order valence-corrected chi connectivity index (χ3v) is 4.16. The van der Waals surface area contributed by atoms with E-state index in [1.54, 1.807) is 0 Å². The van der Waals surface area contributed by atoms with Crippen LogP contribution in [-0.2, 0) is 9.84 Å². The van der Waals surface area contributed by atoms with Gasteiger partial charge < -0.3 is 5.73 Å². The number of nitrogen functional groups attached to an aromatic ring is 1. The Labute approximate surface area is 95.0 Å². The Morgan fingerprint density at radius 2 is 2.07 bits per heavy atom. The van der Waals surface area contributed by atoms with Gasteiger partial charge in [0.1, 0.15) is 9.84 Å². The molecule has 5 heteroatoms. The normalized spacial score (nSPS) is 11.6. The van der Waals surface area contributed by atoms with Crippen LogP contribution in [-0.4, -0.2) is 26.2 Å². The molecule has 0 saturated carbocycles. The lowest BCUT2D eigenvalue weighted by Crippen LogP contribution is -2.05. The second-order valence-corrected chi connectivity index (χ2v) is 6.92. The van der Waals surface area contributed by atoms with Gasteiger partial charge in [0.15, 0.2) is 0 Å². The molecule has 0 heterocycles. The maximum absolute atomic E-state index is 10.9. The molecule has 0 saturated heterocycles. The van der Waals surface area contributed by atoms with Crippen LogP contribution in [0.1, 0.15) is 5.56 Å². The summed E-state index contributed by atoms with van der Waals surface area (Å²) in [5.41, 5.74) is 7.61. The molecule has 0 spiro atoms. The van der Waals surface area contributed by atoms with Crippen LogP contribution in [0, 0.1) is 6.92 Å². The minimum absolute atomic E-state index is 0.186. The van der Waals surface area contributed by atoms with Crippen molar-refractivity contribution < 1.29 is 8.42 Å². The third-order valence-electron chi connectivity index (χ3n) is 1.88. The van der Waals surface area contributed by atoms with E-state index in [9.17, 15) is 8.42 Å². The van der Waals surface area contributed by atoms with Crippen molar-refractivity contribution in [1.82, 2.24) is 0 Å². The maximum atomic E-state index is 10.9. The summed E-state index contributed by atoms with van der Waals surface area (Å²) in [4.78, 5) is 0.957. The average Bonchev–Trinajstić information content (AvgIpc) is 2.09. The average molecular weight is 245 g/mol. The lowest BCUT2D eigenvalue weighted by Gasteiger charge is -2.05. The van der Waals surface area contributed by atoms with Crippen molar-refractivity contribution in [2.45, 2.75) is 11.8 Å². The molecule has 15 heavy (non-hydrogen) atoms. The van der Waals surface area contributed by atoms with Crippen LogP contribution in [0.2, 0.25) is 0 Å². The molecule has 1 rings (SSSR count). The first-order valence-electron chi connectivity index (χ1n) is 4.55. The number of hydrogen-bond acceptors (Lipinski definition) is 4. The molecule has 0 amide bonds. The fraction of sp³-hybridized carbons (Fsp3) is 0.400. The van der Waals surface area contributed by atoms with Crippen LogP contribution in [0.5, 0.6) is 0 Å². The molecule has 0 bridgehead atoms. The Balaban J connectivity index is 2.61. The van der Waals surface area contributed by atoms with Gasteiger partial charge in [-0.2, -0.15) is 0 Å². The molecule has 1 aromatic rings. The number of nitrogens with two attached hydrogens (primary N) is 1. The van der Waals surface area contributed by atoms with Crippen molar-refractivity contribution in [1.29, 1.82) is 0 Å². The quantitative estimate of drug-likeness (QED) is 0.648. The zero-order valence-corrected chi connectivity index (χ0v) is 10.5. The highest BCUT2D eigenvalue weighted by Gasteiger charge is 2.04. The molecule has 3 nitrogen and oxygen atoms in total. The third kappa shape index (κ3) is 4.57. The smallest absolute Gasteiger partial charge is 0.148 e. The van der Waals surface area contributed by atoms with Gasteiger partial charge in [-0.05, 0) is 24.6 Å². The van der Waals surface area contributed by atoms with Crippen molar-refractivity contribution >= 4 is 27.3 Å². The molecular formula is C10H15NO2S2. The zero-order valence-electron chi connectivity index (χ0n) is 8.86. The van der Waals surface area contributed by atoms with Gasteiger partial charge in [-0.15, -0.1) is 11.8 Å². The lowest BCUT2D eigenvalue weighted by molar-refractivity contribution is 0.603. The molecule has 0 aliphatic carbocycles. The van der Waals surface area contributed by atoms with Crippen LogP contribution in [0.3, 0.4) is 0 Å². The Morgan fingerprint density at radius 3 is 2.67 bits per heavy atom. The molecule has 0 atom stereocenters. The fourth-order valence-corrected chi connectivity index (χ4v) is 3.34. The van der Waals surface area contributed by atoms with E-state index in [0.717, 1.165) is 10.5 Å². The second-order valence-electron chi connectivity index (χ2n) is 3.52. The summed E-state index contributed by atoms with van der Waals surface area (Å²) in [5, 5.41) is 0. The highest BCUT2D eigenvalue weighted by Crippen LogP contribution is 2.25. The van der Waals surface area contributed by atoms with E-state index in [0.29, 0.717) is 11.4 Å². The summed E-state index contributed by atoms with van der Waals surface area (Å²) in [6, 6.07) is 5.76. The van der Waals surface area contributed by atoms with Crippen molar-refractivity contribution in [3.05, 3.63) is 23.8 Å². The van der Waals surface area contributed by atoms with Crippen molar-refractivity contribution in [2.24, 2.45) is 0 Å². The highest BCUT2D eigenvalue weighted by molar-refractivity contribution is 8.00. The number of anilines is 1. The van der Waals surface area contributed by atoms with Crippen molar-refractivity contribution in [2.75, 3.05) is 23.5 Å². The summed E-state index contributed by atoms with van der Waals surface area (Å²) < 4.78 is 21.9. The topological polar surface area (TPSA) is 60.2 Å². The molecular weight excluding hydrogens is 230 g/mol. The van der Waals surface area contributed by atoms with Crippen molar-refractivity contribution in [3.8, 4) is 0 Å². The zero-order chi connectivity index (χ0) is 11.5. The van der Waals surface area contributed by atoms with E-state index in [1.807, 2.05) is 25.1 Å². The van der Waals surface area contributed by atoms with Gasteiger partial charge in [-0.3, -0.25) is 0 Å². The first-order chi connectivity index (χ1) is 6.88. The van der Waals surface area contributed by atoms with Gasteiger partial charge in [-0.25, -0.2) is 8.42 Å². The van der Waals surface area contributed by atoms with E-state index < -0.39 is 9.84 Å². The molecule has 0 aromatic heterocycles.